The number of nitrogens with zero attached hydrogens (tertiary/aromatic N) is 1. The third-order valence-electron chi connectivity index (χ3n) is 2.69. The van der Waals surface area contributed by atoms with Crippen LogP contribution in [0.3, 0.4) is 0 Å². The molecule has 2 N–H and O–H groups in total. The van der Waals surface area contributed by atoms with Crippen molar-refractivity contribution in [2.24, 2.45) is 0 Å². The zero-order valence-corrected chi connectivity index (χ0v) is 11.4. The third-order valence-corrected chi connectivity index (χ3v) is 4.04. The Morgan fingerprint density at radius 3 is 2.30 bits per heavy atom. The fraction of sp³-hybridized carbons (Fsp3) is 0.154. The second kappa shape index (κ2) is 5.79. The van der Waals surface area contributed by atoms with E-state index in [1.807, 2.05) is 0 Å². The molecule has 1 heterocycles. The summed E-state index contributed by atoms with van der Waals surface area (Å²) in [6.45, 7) is 0. The van der Waals surface area contributed by atoms with Crippen molar-refractivity contribution in [1.82, 2.24) is 4.68 Å². The summed E-state index contributed by atoms with van der Waals surface area (Å²) in [5.41, 5.74) is 0.785. The number of hydrogen-bond acceptors (Lipinski definition) is 3. The Morgan fingerprint density at radius 1 is 1.15 bits per heavy atom. The van der Waals surface area contributed by atoms with Gasteiger partial charge in [-0.05, 0) is 36.2 Å². The number of hydrogen-bond donors (Lipinski definition) is 2. The standard InChI is InChI=1S/C13H14N2O4S/c16-13(17)8-5-11-3-6-12(7-4-11)20(18,19)14-15-9-1-2-10-15/h1-4,6-7,9-10,14H,5,8H2,(H,16,17). The maximum atomic E-state index is 12.1. The van der Waals surface area contributed by atoms with Crippen LogP contribution < -0.4 is 4.83 Å². The van der Waals surface area contributed by atoms with Crippen LogP contribution in [0.1, 0.15) is 12.0 Å². The van der Waals surface area contributed by atoms with Crippen LogP contribution in [-0.4, -0.2) is 24.2 Å². The van der Waals surface area contributed by atoms with Crippen molar-refractivity contribution >= 4 is 16.0 Å². The van der Waals surface area contributed by atoms with E-state index in [4.69, 9.17) is 5.11 Å². The lowest BCUT2D eigenvalue weighted by Gasteiger charge is -2.09. The number of aliphatic carboxylic acids is 1. The van der Waals surface area contributed by atoms with E-state index in [0.717, 1.165) is 5.56 Å². The first kappa shape index (κ1) is 14.1. The highest BCUT2D eigenvalue weighted by atomic mass is 32.2. The van der Waals surface area contributed by atoms with Gasteiger partial charge in [0.05, 0.1) is 4.90 Å². The summed E-state index contributed by atoms with van der Waals surface area (Å²) in [6.07, 6.45) is 3.56. The molecule has 0 aliphatic carbocycles. The number of rotatable bonds is 6. The molecule has 0 saturated heterocycles. The molecule has 7 heteroatoms. The molecule has 6 nitrogen and oxygen atoms in total. The Hall–Kier alpha value is -2.28. The molecule has 0 radical (unpaired) electrons. The molecule has 0 unspecified atom stereocenters. The normalized spacial score (nSPS) is 11.2. The Bertz CT molecular complexity index is 676. The molecule has 1 aromatic carbocycles. The quantitative estimate of drug-likeness (QED) is 0.843. The number of nitrogens with one attached hydrogen (secondary N) is 1. The van der Waals surface area contributed by atoms with Gasteiger partial charge in [-0.2, -0.15) is 8.42 Å². The molecule has 0 aliphatic heterocycles. The molecule has 0 saturated carbocycles. The predicted octanol–water partition coefficient (Wildman–Crippen LogP) is 1.44. The number of benzene rings is 1. The van der Waals surface area contributed by atoms with Gasteiger partial charge in [0.15, 0.2) is 0 Å². The molecule has 2 rings (SSSR count). The van der Waals surface area contributed by atoms with Crippen molar-refractivity contribution in [1.29, 1.82) is 0 Å². The predicted molar refractivity (Wildman–Crippen MR) is 73.4 cm³/mol. The van der Waals surface area contributed by atoms with Crippen LogP contribution in [0.2, 0.25) is 0 Å². The van der Waals surface area contributed by atoms with Crippen LogP contribution in [0.25, 0.3) is 0 Å². The van der Waals surface area contributed by atoms with Crippen molar-refractivity contribution < 1.29 is 18.3 Å². The van der Waals surface area contributed by atoms with Gasteiger partial charge >= 0.3 is 5.97 Å². The van der Waals surface area contributed by atoms with Gasteiger partial charge in [0.1, 0.15) is 0 Å². The number of aromatic nitrogens is 1. The fourth-order valence-corrected chi connectivity index (χ4v) is 2.67. The van der Waals surface area contributed by atoms with E-state index in [1.54, 1.807) is 36.7 Å². The van der Waals surface area contributed by atoms with Gasteiger partial charge < -0.3 is 5.11 Å². The Kier molecular flexibility index (Phi) is 4.09. The first-order valence-electron chi connectivity index (χ1n) is 5.94. The lowest BCUT2D eigenvalue weighted by atomic mass is 10.1. The van der Waals surface area contributed by atoms with Gasteiger partial charge in [0.25, 0.3) is 10.0 Å². The fourth-order valence-electron chi connectivity index (χ4n) is 1.67. The largest absolute Gasteiger partial charge is 0.481 e. The summed E-state index contributed by atoms with van der Waals surface area (Å²) in [7, 11) is -3.63. The van der Waals surface area contributed by atoms with E-state index in [9.17, 15) is 13.2 Å². The topological polar surface area (TPSA) is 88.4 Å². The minimum atomic E-state index is -3.63. The molecule has 1 aromatic heterocycles. The van der Waals surface area contributed by atoms with Gasteiger partial charge in [-0.3, -0.25) is 9.47 Å². The molecule has 20 heavy (non-hydrogen) atoms. The molecule has 0 atom stereocenters. The monoisotopic (exact) mass is 294 g/mol. The van der Waals surface area contributed by atoms with E-state index in [0.29, 0.717) is 6.42 Å². The third kappa shape index (κ3) is 3.61. The van der Waals surface area contributed by atoms with E-state index >= 15 is 0 Å². The van der Waals surface area contributed by atoms with Crippen molar-refractivity contribution in [3.63, 3.8) is 0 Å². The Balaban J connectivity index is 2.10. The van der Waals surface area contributed by atoms with Crippen molar-refractivity contribution in [3.8, 4) is 0 Å². The lowest BCUT2D eigenvalue weighted by Crippen LogP contribution is -2.21. The highest BCUT2D eigenvalue weighted by Crippen LogP contribution is 2.12. The first-order chi connectivity index (χ1) is 9.47. The summed E-state index contributed by atoms with van der Waals surface area (Å²) in [4.78, 5) is 13.0. The summed E-state index contributed by atoms with van der Waals surface area (Å²) in [5.74, 6) is -0.879. The average Bonchev–Trinajstić information content (AvgIpc) is 2.89. The maximum Gasteiger partial charge on any atom is 0.303 e. The zero-order valence-electron chi connectivity index (χ0n) is 10.6. The molecule has 0 spiro atoms. The van der Waals surface area contributed by atoms with Gasteiger partial charge in [0, 0.05) is 18.8 Å². The Morgan fingerprint density at radius 2 is 1.75 bits per heavy atom. The lowest BCUT2D eigenvalue weighted by molar-refractivity contribution is -0.136. The average molecular weight is 294 g/mol. The highest BCUT2D eigenvalue weighted by Gasteiger charge is 2.13. The number of carboxylic acid groups (broad SMARTS) is 1. The highest BCUT2D eigenvalue weighted by molar-refractivity contribution is 7.92. The van der Waals surface area contributed by atoms with Gasteiger partial charge in [-0.25, -0.2) is 4.83 Å². The molecule has 106 valence electrons. The molecule has 0 amide bonds. The van der Waals surface area contributed by atoms with Crippen LogP contribution in [0.4, 0.5) is 0 Å². The van der Waals surface area contributed by atoms with Crippen LogP contribution in [0.5, 0.6) is 0 Å². The van der Waals surface area contributed by atoms with Crippen LogP contribution in [0.15, 0.2) is 53.7 Å². The van der Waals surface area contributed by atoms with Gasteiger partial charge in [-0.1, -0.05) is 12.1 Å². The van der Waals surface area contributed by atoms with Crippen LogP contribution >= 0.6 is 0 Å². The number of carboxylic acids is 1. The minimum absolute atomic E-state index is 0.0215. The summed E-state index contributed by atoms with van der Waals surface area (Å²) in [5, 5.41) is 8.59. The maximum absolute atomic E-state index is 12.1. The summed E-state index contributed by atoms with van der Waals surface area (Å²) in [6, 6.07) is 9.57. The van der Waals surface area contributed by atoms with E-state index in [1.165, 1.54) is 16.8 Å². The van der Waals surface area contributed by atoms with Crippen molar-refractivity contribution in [3.05, 3.63) is 54.4 Å². The van der Waals surface area contributed by atoms with Crippen molar-refractivity contribution in [2.75, 3.05) is 4.83 Å². The van der Waals surface area contributed by atoms with E-state index < -0.39 is 16.0 Å². The van der Waals surface area contributed by atoms with Crippen LogP contribution in [0, 0.1) is 0 Å². The summed E-state index contributed by atoms with van der Waals surface area (Å²) < 4.78 is 25.4. The molecule has 0 bridgehead atoms. The van der Waals surface area contributed by atoms with Crippen molar-refractivity contribution in [2.45, 2.75) is 17.7 Å². The first-order valence-corrected chi connectivity index (χ1v) is 7.42. The summed E-state index contributed by atoms with van der Waals surface area (Å²) >= 11 is 0. The van der Waals surface area contributed by atoms with Gasteiger partial charge in [-0.15, -0.1) is 0 Å². The number of aryl methyl sites for hydroxylation is 1. The van der Waals surface area contributed by atoms with Crippen LogP contribution in [-0.2, 0) is 21.2 Å². The van der Waals surface area contributed by atoms with E-state index in [-0.39, 0.29) is 11.3 Å². The van der Waals surface area contributed by atoms with E-state index in [2.05, 4.69) is 4.83 Å². The number of sulfonamides is 1. The number of carbonyl (C=O) groups is 1. The van der Waals surface area contributed by atoms with Gasteiger partial charge in [0.2, 0.25) is 0 Å². The second-order valence-electron chi connectivity index (χ2n) is 4.22. The Labute approximate surface area is 116 Å². The second-order valence-corrected chi connectivity index (χ2v) is 5.88. The molecular weight excluding hydrogens is 280 g/mol. The molecular formula is C13H14N2O4S. The molecule has 2 aromatic rings. The molecule has 0 aliphatic rings. The zero-order chi connectivity index (χ0) is 14.6. The smallest absolute Gasteiger partial charge is 0.303 e. The molecule has 0 fully saturated rings. The SMILES string of the molecule is O=C(O)CCc1ccc(S(=O)(=O)Nn2cccc2)cc1. The minimum Gasteiger partial charge on any atom is -0.481 e.